The first-order valence-corrected chi connectivity index (χ1v) is 7.14. The number of aromatic nitrogens is 5. The lowest BCUT2D eigenvalue weighted by atomic mass is 10.1. The third-order valence-corrected chi connectivity index (χ3v) is 3.50. The Labute approximate surface area is 133 Å². The highest BCUT2D eigenvalue weighted by Gasteiger charge is 2.11. The normalized spacial score (nSPS) is 10.5. The molecule has 116 valence electrons. The Balaban J connectivity index is 1.76. The molecule has 1 N–H and O–H groups in total. The zero-order valence-electron chi connectivity index (χ0n) is 12.9. The van der Waals surface area contributed by atoms with Crippen molar-refractivity contribution in [1.29, 1.82) is 0 Å². The topological polar surface area (TPSA) is 85.6 Å². The van der Waals surface area contributed by atoms with Gasteiger partial charge in [-0.2, -0.15) is 0 Å². The summed E-state index contributed by atoms with van der Waals surface area (Å²) in [5.41, 5.74) is 2.26. The van der Waals surface area contributed by atoms with Crippen LogP contribution in [0.4, 0.5) is 5.69 Å². The molecular formula is C16H16N6O. The Morgan fingerprint density at radius 3 is 2.87 bits per heavy atom. The van der Waals surface area contributed by atoms with Crippen molar-refractivity contribution >= 4 is 11.5 Å². The highest BCUT2D eigenvalue weighted by Crippen LogP contribution is 2.15. The zero-order chi connectivity index (χ0) is 16.2. The van der Waals surface area contributed by atoms with Gasteiger partial charge in [-0.05, 0) is 25.1 Å². The Hall–Kier alpha value is -3.09. The molecule has 0 amide bonds. The number of Topliss-reactive ketones (excluding diaryl/α,β-unsaturated/α-hetero) is 1. The summed E-state index contributed by atoms with van der Waals surface area (Å²) < 4.78 is 1.88. The molecule has 7 heteroatoms. The lowest BCUT2D eigenvalue weighted by Gasteiger charge is -2.07. The van der Waals surface area contributed by atoms with Crippen molar-refractivity contribution in [2.24, 2.45) is 7.05 Å². The fourth-order valence-corrected chi connectivity index (χ4v) is 2.19. The second-order valence-corrected chi connectivity index (χ2v) is 5.08. The van der Waals surface area contributed by atoms with Crippen molar-refractivity contribution in [3.63, 3.8) is 0 Å². The van der Waals surface area contributed by atoms with Gasteiger partial charge in [-0.25, -0.2) is 9.97 Å². The Bertz CT molecular complexity index is 828. The third kappa shape index (κ3) is 3.23. The van der Waals surface area contributed by atoms with Crippen LogP contribution in [0.25, 0.3) is 11.5 Å². The van der Waals surface area contributed by atoms with E-state index < -0.39 is 0 Å². The van der Waals surface area contributed by atoms with E-state index in [1.807, 2.05) is 29.8 Å². The molecule has 0 atom stereocenters. The van der Waals surface area contributed by atoms with E-state index in [4.69, 9.17) is 0 Å². The molecule has 0 radical (unpaired) electrons. The molecule has 1 aromatic carbocycles. The second kappa shape index (κ2) is 6.35. The number of hydrogen-bond acceptors (Lipinski definition) is 6. The van der Waals surface area contributed by atoms with Gasteiger partial charge in [0.1, 0.15) is 12.0 Å². The van der Waals surface area contributed by atoms with Crippen molar-refractivity contribution in [2.75, 3.05) is 5.32 Å². The van der Waals surface area contributed by atoms with Gasteiger partial charge in [0, 0.05) is 24.5 Å². The number of anilines is 1. The number of nitrogens with zero attached hydrogens (tertiary/aromatic N) is 5. The molecule has 0 saturated carbocycles. The van der Waals surface area contributed by atoms with Gasteiger partial charge in [0.05, 0.1) is 6.54 Å². The standard InChI is InChI=1S/C16H16N6O/c1-11(23)12-4-3-5-13(8-12)18-9-15-20-21-16(22(15)2)14-6-7-17-10-19-14/h3-8,10,18H,9H2,1-2H3. The molecule has 2 aromatic heterocycles. The average Bonchev–Trinajstić information content (AvgIpc) is 2.95. The lowest BCUT2D eigenvalue weighted by molar-refractivity contribution is 0.101. The maximum absolute atomic E-state index is 11.4. The molecular weight excluding hydrogens is 292 g/mol. The van der Waals surface area contributed by atoms with Gasteiger partial charge in [-0.1, -0.05) is 12.1 Å². The third-order valence-electron chi connectivity index (χ3n) is 3.50. The van der Waals surface area contributed by atoms with Crippen molar-refractivity contribution in [3.05, 3.63) is 54.2 Å². The minimum absolute atomic E-state index is 0.0401. The number of nitrogens with one attached hydrogen (secondary N) is 1. The van der Waals surface area contributed by atoms with Crippen molar-refractivity contribution < 1.29 is 4.79 Å². The first kappa shape index (κ1) is 14.8. The van der Waals surface area contributed by atoms with Crippen molar-refractivity contribution in [3.8, 4) is 11.5 Å². The molecule has 0 aliphatic rings. The summed E-state index contributed by atoms with van der Waals surface area (Å²) in [6, 6.07) is 9.17. The van der Waals surface area contributed by atoms with E-state index in [2.05, 4.69) is 25.5 Å². The second-order valence-electron chi connectivity index (χ2n) is 5.08. The molecule has 3 aromatic rings. The molecule has 0 saturated heterocycles. The summed E-state index contributed by atoms with van der Waals surface area (Å²) in [6.45, 7) is 2.05. The van der Waals surface area contributed by atoms with Gasteiger partial charge in [0.15, 0.2) is 17.4 Å². The van der Waals surface area contributed by atoms with Crippen LogP contribution in [0.2, 0.25) is 0 Å². The van der Waals surface area contributed by atoms with Crippen molar-refractivity contribution in [2.45, 2.75) is 13.5 Å². The quantitative estimate of drug-likeness (QED) is 0.726. The van der Waals surface area contributed by atoms with Crippen LogP contribution in [-0.4, -0.2) is 30.5 Å². The van der Waals surface area contributed by atoms with E-state index in [9.17, 15) is 4.79 Å². The largest absolute Gasteiger partial charge is 0.378 e. The molecule has 0 fully saturated rings. The van der Waals surface area contributed by atoms with Gasteiger partial charge in [-0.15, -0.1) is 10.2 Å². The number of rotatable bonds is 5. The number of ketones is 1. The molecule has 3 rings (SSSR count). The predicted molar refractivity (Wildman–Crippen MR) is 85.8 cm³/mol. The maximum atomic E-state index is 11.4. The summed E-state index contributed by atoms with van der Waals surface area (Å²) in [5.74, 6) is 1.49. The maximum Gasteiger partial charge on any atom is 0.182 e. The lowest BCUT2D eigenvalue weighted by Crippen LogP contribution is -2.07. The van der Waals surface area contributed by atoms with Crippen LogP contribution in [0.3, 0.4) is 0 Å². The van der Waals surface area contributed by atoms with E-state index in [-0.39, 0.29) is 5.78 Å². The summed E-state index contributed by atoms with van der Waals surface area (Å²) >= 11 is 0. The Kier molecular flexibility index (Phi) is 4.09. The van der Waals surface area contributed by atoms with E-state index >= 15 is 0 Å². The highest BCUT2D eigenvalue weighted by molar-refractivity contribution is 5.94. The number of carbonyl (C=O) groups excluding carboxylic acids is 1. The minimum Gasteiger partial charge on any atom is -0.378 e. The SMILES string of the molecule is CC(=O)c1cccc(NCc2nnc(-c3ccncn3)n2C)c1. The first-order valence-electron chi connectivity index (χ1n) is 7.14. The molecule has 0 aliphatic carbocycles. The highest BCUT2D eigenvalue weighted by atomic mass is 16.1. The summed E-state index contributed by atoms with van der Waals surface area (Å²) in [7, 11) is 1.89. The van der Waals surface area contributed by atoms with Crippen LogP contribution in [0.5, 0.6) is 0 Å². The molecule has 7 nitrogen and oxygen atoms in total. The molecule has 0 aliphatic heterocycles. The Morgan fingerprint density at radius 2 is 2.13 bits per heavy atom. The van der Waals surface area contributed by atoms with Crippen LogP contribution in [0.1, 0.15) is 23.1 Å². The van der Waals surface area contributed by atoms with Gasteiger partial charge in [0.2, 0.25) is 0 Å². The van der Waals surface area contributed by atoms with Crippen LogP contribution < -0.4 is 5.32 Å². The Morgan fingerprint density at radius 1 is 1.26 bits per heavy atom. The summed E-state index contributed by atoms with van der Waals surface area (Å²) in [4.78, 5) is 19.5. The molecule has 0 spiro atoms. The van der Waals surface area contributed by atoms with Crippen LogP contribution in [0.15, 0.2) is 42.9 Å². The van der Waals surface area contributed by atoms with Gasteiger partial charge in [-0.3, -0.25) is 4.79 Å². The molecule has 0 unspecified atom stereocenters. The van der Waals surface area contributed by atoms with Crippen LogP contribution >= 0.6 is 0 Å². The van der Waals surface area contributed by atoms with Crippen LogP contribution in [0, 0.1) is 0 Å². The van der Waals surface area contributed by atoms with E-state index in [1.54, 1.807) is 25.3 Å². The molecule has 23 heavy (non-hydrogen) atoms. The van der Waals surface area contributed by atoms with Gasteiger partial charge in [0.25, 0.3) is 0 Å². The van der Waals surface area contributed by atoms with E-state index in [0.29, 0.717) is 17.9 Å². The summed E-state index contributed by atoms with van der Waals surface area (Å²) in [6.07, 6.45) is 3.15. The van der Waals surface area contributed by atoms with Gasteiger partial charge >= 0.3 is 0 Å². The van der Waals surface area contributed by atoms with Gasteiger partial charge < -0.3 is 9.88 Å². The van der Waals surface area contributed by atoms with Crippen LogP contribution in [-0.2, 0) is 13.6 Å². The molecule has 0 bridgehead atoms. The molecule has 2 heterocycles. The monoisotopic (exact) mass is 308 g/mol. The number of benzene rings is 1. The first-order chi connectivity index (χ1) is 11.1. The minimum atomic E-state index is 0.0401. The zero-order valence-corrected chi connectivity index (χ0v) is 12.9. The smallest absolute Gasteiger partial charge is 0.182 e. The number of hydrogen-bond donors (Lipinski definition) is 1. The van der Waals surface area contributed by atoms with E-state index in [0.717, 1.165) is 17.2 Å². The summed E-state index contributed by atoms with van der Waals surface area (Å²) in [5, 5.41) is 11.6. The average molecular weight is 308 g/mol. The van der Waals surface area contributed by atoms with Crippen molar-refractivity contribution in [1.82, 2.24) is 24.7 Å². The fraction of sp³-hybridized carbons (Fsp3) is 0.188. The predicted octanol–water partition coefficient (Wildman–Crippen LogP) is 2.09. The fourth-order valence-electron chi connectivity index (χ4n) is 2.19. The number of carbonyl (C=O) groups is 1. The van der Waals surface area contributed by atoms with E-state index in [1.165, 1.54) is 6.33 Å².